The molecule has 0 aliphatic heterocycles. The molecule has 0 radical (unpaired) electrons. The Bertz CT molecular complexity index is 1110. The summed E-state index contributed by atoms with van der Waals surface area (Å²) in [6.07, 6.45) is 2.49. The molecule has 1 heterocycles. The zero-order valence-corrected chi connectivity index (χ0v) is 18.3. The van der Waals surface area contributed by atoms with Gasteiger partial charge in [-0.2, -0.15) is 0 Å². The molecule has 0 spiro atoms. The molecule has 1 amide bonds. The van der Waals surface area contributed by atoms with Crippen LogP contribution in [0.1, 0.15) is 27.9 Å². The lowest BCUT2D eigenvalue weighted by molar-refractivity contribution is -0.0141. The van der Waals surface area contributed by atoms with Crippen LogP contribution in [0.15, 0.2) is 79.1 Å². The molecule has 0 aliphatic carbocycles. The first-order valence-electron chi connectivity index (χ1n) is 10.1. The van der Waals surface area contributed by atoms with E-state index in [2.05, 4.69) is 15.8 Å². The number of nitrogens with two attached hydrogens (primary N) is 1. The second-order valence-electron chi connectivity index (χ2n) is 7.21. The van der Waals surface area contributed by atoms with E-state index in [1.54, 1.807) is 54.9 Å². The van der Waals surface area contributed by atoms with Crippen molar-refractivity contribution in [2.75, 3.05) is 11.1 Å². The summed E-state index contributed by atoms with van der Waals surface area (Å²) in [6, 6.07) is 19.7. The minimum Gasteiger partial charge on any atom is -0.380 e. The number of rotatable bonds is 11. The summed E-state index contributed by atoms with van der Waals surface area (Å²) in [4.78, 5) is 21.7. The van der Waals surface area contributed by atoms with E-state index in [0.717, 1.165) is 5.56 Å². The van der Waals surface area contributed by atoms with Gasteiger partial charge < -0.3 is 11.1 Å². The third kappa shape index (κ3) is 7.45. The van der Waals surface area contributed by atoms with Crippen LogP contribution in [-0.2, 0) is 27.0 Å². The number of benzene rings is 2. The molecule has 32 heavy (non-hydrogen) atoms. The third-order valence-corrected chi connectivity index (χ3v) is 6.28. The van der Waals surface area contributed by atoms with E-state index in [1.165, 1.54) is 0 Å². The van der Waals surface area contributed by atoms with Crippen molar-refractivity contribution in [3.8, 4) is 0 Å². The Morgan fingerprint density at radius 1 is 0.969 bits per heavy atom. The minimum absolute atomic E-state index is 0.0530. The largest absolute Gasteiger partial charge is 0.380 e. The summed E-state index contributed by atoms with van der Waals surface area (Å²) < 4.78 is 24.6. The average Bonchev–Trinajstić information content (AvgIpc) is 2.81. The molecule has 2 aromatic carbocycles. The van der Waals surface area contributed by atoms with Crippen molar-refractivity contribution in [3.63, 3.8) is 0 Å². The molecule has 0 fully saturated rings. The first-order valence-corrected chi connectivity index (χ1v) is 11.9. The Labute approximate surface area is 187 Å². The highest BCUT2D eigenvalue weighted by molar-refractivity contribution is 7.90. The average molecular weight is 455 g/mol. The molecule has 9 heteroatoms. The summed E-state index contributed by atoms with van der Waals surface area (Å²) >= 11 is 0. The summed E-state index contributed by atoms with van der Waals surface area (Å²) in [5.41, 5.74) is 10.9. The zero-order valence-electron chi connectivity index (χ0n) is 17.5. The number of amides is 1. The lowest BCUT2D eigenvalue weighted by Crippen LogP contribution is -2.36. The molecular formula is C23H26N4O4S. The number of para-hydroxylation sites is 1. The van der Waals surface area contributed by atoms with Crippen LogP contribution in [0.5, 0.6) is 0 Å². The Hall–Kier alpha value is -3.27. The van der Waals surface area contributed by atoms with E-state index in [9.17, 15) is 13.2 Å². The van der Waals surface area contributed by atoms with Gasteiger partial charge in [0, 0.05) is 31.0 Å². The zero-order chi connectivity index (χ0) is 22.8. The lowest BCUT2D eigenvalue weighted by atomic mass is 10.1. The minimum atomic E-state index is -3.35. The van der Waals surface area contributed by atoms with Crippen molar-refractivity contribution in [2.45, 2.75) is 24.9 Å². The van der Waals surface area contributed by atoms with Crippen molar-refractivity contribution in [3.05, 3.63) is 95.8 Å². The van der Waals surface area contributed by atoms with Crippen LogP contribution >= 0.6 is 0 Å². The van der Waals surface area contributed by atoms with E-state index < -0.39 is 22.0 Å². The van der Waals surface area contributed by atoms with Gasteiger partial charge >= 0.3 is 0 Å². The number of aromatic nitrogens is 1. The van der Waals surface area contributed by atoms with E-state index in [0.29, 0.717) is 23.4 Å². The van der Waals surface area contributed by atoms with E-state index >= 15 is 0 Å². The molecule has 1 atom stereocenters. The predicted octanol–water partition coefficient (Wildman–Crippen LogP) is 2.64. The number of hydrogen-bond acceptors (Lipinski definition) is 7. The quantitative estimate of drug-likeness (QED) is 0.301. The topological polar surface area (TPSA) is 123 Å². The number of anilines is 1. The highest BCUT2D eigenvalue weighted by Crippen LogP contribution is 2.16. The fraction of sp³-hybridized carbons (Fsp3) is 0.217. The number of nitrogens with zero attached hydrogens (tertiary/aromatic N) is 1. The van der Waals surface area contributed by atoms with Crippen LogP contribution in [0, 0.1) is 0 Å². The van der Waals surface area contributed by atoms with Crippen molar-refractivity contribution in [1.82, 2.24) is 10.5 Å². The smallest absolute Gasteiger partial charge is 0.276 e. The van der Waals surface area contributed by atoms with Crippen LogP contribution in [-0.4, -0.2) is 31.3 Å². The maximum atomic E-state index is 12.6. The number of hydrogen-bond donors (Lipinski definition) is 3. The van der Waals surface area contributed by atoms with Crippen molar-refractivity contribution in [1.29, 1.82) is 0 Å². The molecule has 0 aliphatic rings. The van der Waals surface area contributed by atoms with Crippen molar-refractivity contribution >= 4 is 21.4 Å². The van der Waals surface area contributed by atoms with Gasteiger partial charge in [0.15, 0.2) is 9.84 Å². The Morgan fingerprint density at radius 3 is 2.41 bits per heavy atom. The SMILES string of the molecule is NC(CCS(=O)(=O)Cc1ccccc1)ONC(=O)c1ccccc1NCc1ccncc1. The van der Waals surface area contributed by atoms with E-state index in [4.69, 9.17) is 10.6 Å². The first kappa shape index (κ1) is 23.4. The number of nitrogens with one attached hydrogen (secondary N) is 2. The second kappa shape index (κ2) is 11.4. The van der Waals surface area contributed by atoms with Gasteiger partial charge in [-0.15, -0.1) is 0 Å². The molecule has 4 N–H and O–H groups in total. The molecule has 0 saturated heterocycles. The van der Waals surface area contributed by atoms with Gasteiger partial charge in [-0.1, -0.05) is 42.5 Å². The molecule has 3 aromatic rings. The van der Waals surface area contributed by atoms with Crippen molar-refractivity contribution in [2.24, 2.45) is 5.73 Å². The van der Waals surface area contributed by atoms with Gasteiger partial charge in [0.1, 0.15) is 6.23 Å². The molecule has 1 unspecified atom stereocenters. The molecule has 0 saturated carbocycles. The fourth-order valence-corrected chi connectivity index (χ4v) is 4.41. The highest BCUT2D eigenvalue weighted by Gasteiger charge is 2.17. The van der Waals surface area contributed by atoms with Crippen LogP contribution in [0.25, 0.3) is 0 Å². The predicted molar refractivity (Wildman–Crippen MR) is 123 cm³/mol. The van der Waals surface area contributed by atoms with Gasteiger partial charge in [-0.05, 0) is 35.4 Å². The van der Waals surface area contributed by atoms with Gasteiger partial charge in [-0.3, -0.25) is 14.6 Å². The fourth-order valence-electron chi connectivity index (χ4n) is 2.97. The summed E-state index contributed by atoms with van der Waals surface area (Å²) in [6.45, 7) is 0.520. The summed E-state index contributed by atoms with van der Waals surface area (Å²) in [7, 11) is -3.35. The molecule has 0 bridgehead atoms. The van der Waals surface area contributed by atoms with Crippen LogP contribution < -0.4 is 16.5 Å². The van der Waals surface area contributed by atoms with Gasteiger partial charge in [-0.25, -0.2) is 13.9 Å². The van der Waals surface area contributed by atoms with Gasteiger partial charge in [0.2, 0.25) is 0 Å². The molecule has 8 nitrogen and oxygen atoms in total. The molecule has 1 aromatic heterocycles. The van der Waals surface area contributed by atoms with Crippen LogP contribution in [0.3, 0.4) is 0 Å². The standard InChI is InChI=1S/C23H26N4O4S/c24-22(12-15-32(29,30)17-19-6-2-1-3-7-19)31-27-23(28)20-8-4-5-9-21(20)26-16-18-10-13-25-14-11-18/h1-11,13-14,22,26H,12,15-17,24H2,(H,27,28). The monoisotopic (exact) mass is 454 g/mol. The Kier molecular flexibility index (Phi) is 8.32. The third-order valence-electron chi connectivity index (χ3n) is 4.65. The maximum absolute atomic E-state index is 12.6. The van der Waals surface area contributed by atoms with Gasteiger partial charge in [0.25, 0.3) is 5.91 Å². The number of sulfone groups is 1. The van der Waals surface area contributed by atoms with Crippen LogP contribution in [0.4, 0.5) is 5.69 Å². The highest BCUT2D eigenvalue weighted by atomic mass is 32.2. The van der Waals surface area contributed by atoms with E-state index in [-0.39, 0.29) is 17.9 Å². The lowest BCUT2D eigenvalue weighted by Gasteiger charge is -2.15. The number of hydroxylamine groups is 1. The molecule has 168 valence electrons. The summed E-state index contributed by atoms with van der Waals surface area (Å²) in [5.74, 6) is -0.697. The van der Waals surface area contributed by atoms with Crippen LogP contribution in [0.2, 0.25) is 0 Å². The Balaban J connectivity index is 1.48. The van der Waals surface area contributed by atoms with Gasteiger partial charge in [0.05, 0.1) is 17.1 Å². The molecular weight excluding hydrogens is 428 g/mol. The number of pyridine rings is 1. The second-order valence-corrected chi connectivity index (χ2v) is 9.39. The molecule has 3 rings (SSSR count). The Morgan fingerprint density at radius 2 is 1.66 bits per heavy atom. The normalized spacial score (nSPS) is 12.2. The number of carbonyl (C=O) groups excluding carboxylic acids is 1. The van der Waals surface area contributed by atoms with E-state index in [1.807, 2.05) is 24.3 Å². The first-order chi connectivity index (χ1) is 15.4. The van der Waals surface area contributed by atoms with Crippen molar-refractivity contribution < 1.29 is 18.0 Å². The maximum Gasteiger partial charge on any atom is 0.276 e. The summed E-state index contributed by atoms with van der Waals surface area (Å²) in [5, 5.41) is 3.21. The number of carbonyl (C=O) groups is 1.